The molecule has 4 heteroatoms. The van der Waals surface area contributed by atoms with Crippen molar-refractivity contribution in [1.29, 1.82) is 0 Å². The van der Waals surface area contributed by atoms with Crippen molar-refractivity contribution >= 4 is 28.6 Å². The Labute approximate surface area is 117 Å². The van der Waals surface area contributed by atoms with Crippen LogP contribution in [0.3, 0.4) is 0 Å². The first-order valence-corrected chi connectivity index (χ1v) is 7.27. The number of benzene rings is 1. The largest absolute Gasteiger partial charge is 0.353 e. The van der Waals surface area contributed by atoms with Crippen LogP contribution in [-0.2, 0) is 4.79 Å². The van der Waals surface area contributed by atoms with Crippen LogP contribution in [0.4, 0.5) is 0 Å². The summed E-state index contributed by atoms with van der Waals surface area (Å²) in [5.74, 6) is 0.0509. The molecule has 0 fully saturated rings. The summed E-state index contributed by atoms with van der Waals surface area (Å²) in [6, 6.07) is 12.2. The number of thioether (sulfide) groups is 1. The predicted octanol–water partition coefficient (Wildman–Crippen LogP) is 3.24. The monoisotopic (exact) mass is 274 g/mol. The molecule has 2 rings (SSSR count). The van der Waals surface area contributed by atoms with Crippen LogP contribution in [0.1, 0.15) is 20.8 Å². The normalized spacial score (nSPS) is 12.6. The van der Waals surface area contributed by atoms with Gasteiger partial charge in [-0.1, -0.05) is 36.0 Å². The molecule has 2 aromatic rings. The van der Waals surface area contributed by atoms with Gasteiger partial charge in [0, 0.05) is 11.4 Å². The lowest BCUT2D eigenvalue weighted by Gasteiger charge is -2.13. The van der Waals surface area contributed by atoms with E-state index in [9.17, 15) is 4.79 Å². The highest BCUT2D eigenvalue weighted by Crippen LogP contribution is 2.23. The van der Waals surface area contributed by atoms with Gasteiger partial charge in [0.15, 0.2) is 0 Å². The molecule has 0 saturated carbocycles. The molecule has 0 aliphatic carbocycles. The Bertz CT molecular complexity index is 583. The van der Waals surface area contributed by atoms with Gasteiger partial charge in [0.2, 0.25) is 5.91 Å². The lowest BCUT2D eigenvalue weighted by Crippen LogP contribution is -2.35. The highest BCUT2D eigenvalue weighted by Gasteiger charge is 2.15. The van der Waals surface area contributed by atoms with Crippen LogP contribution in [0.2, 0.25) is 0 Å². The summed E-state index contributed by atoms with van der Waals surface area (Å²) in [6.07, 6.45) is 0. The fraction of sp³-hybridized carbons (Fsp3) is 0.333. The van der Waals surface area contributed by atoms with Crippen molar-refractivity contribution in [2.45, 2.75) is 37.1 Å². The number of para-hydroxylation sites is 1. The number of nitrogens with one attached hydrogen (secondary N) is 1. The molecule has 3 nitrogen and oxygen atoms in total. The van der Waals surface area contributed by atoms with E-state index >= 15 is 0 Å². The summed E-state index contributed by atoms with van der Waals surface area (Å²) in [4.78, 5) is 16.4. The summed E-state index contributed by atoms with van der Waals surface area (Å²) in [7, 11) is 0. The molecule has 0 aliphatic rings. The van der Waals surface area contributed by atoms with E-state index in [0.29, 0.717) is 0 Å². The second kappa shape index (κ2) is 6.06. The molecule has 1 aromatic carbocycles. The zero-order valence-corrected chi connectivity index (χ0v) is 12.2. The van der Waals surface area contributed by atoms with Gasteiger partial charge in [-0.2, -0.15) is 0 Å². The molecule has 1 aromatic heterocycles. The molecule has 0 saturated heterocycles. The molecule has 0 spiro atoms. The number of aromatic nitrogens is 1. The molecule has 1 atom stereocenters. The zero-order valence-electron chi connectivity index (χ0n) is 11.4. The zero-order chi connectivity index (χ0) is 13.8. The molecular weight excluding hydrogens is 256 g/mol. The number of nitrogens with zero attached hydrogens (tertiary/aromatic N) is 1. The highest BCUT2D eigenvalue weighted by atomic mass is 32.2. The van der Waals surface area contributed by atoms with Crippen molar-refractivity contribution < 1.29 is 4.79 Å². The number of hydrogen-bond acceptors (Lipinski definition) is 3. The minimum absolute atomic E-state index is 0.0509. The minimum Gasteiger partial charge on any atom is -0.353 e. The number of rotatable bonds is 4. The molecular formula is C15H18N2OS. The van der Waals surface area contributed by atoms with Crippen molar-refractivity contribution in [2.24, 2.45) is 0 Å². The molecule has 0 radical (unpaired) electrons. The fourth-order valence-electron chi connectivity index (χ4n) is 1.75. The molecule has 19 heavy (non-hydrogen) atoms. The lowest BCUT2D eigenvalue weighted by atomic mass is 10.2. The molecule has 1 heterocycles. The van der Waals surface area contributed by atoms with Crippen LogP contribution < -0.4 is 5.32 Å². The van der Waals surface area contributed by atoms with Crippen molar-refractivity contribution in [3.05, 3.63) is 36.4 Å². The van der Waals surface area contributed by atoms with Crippen molar-refractivity contribution in [1.82, 2.24) is 10.3 Å². The van der Waals surface area contributed by atoms with Crippen molar-refractivity contribution in [3.63, 3.8) is 0 Å². The van der Waals surface area contributed by atoms with Gasteiger partial charge in [0.25, 0.3) is 0 Å². The second-order valence-electron chi connectivity index (χ2n) is 4.77. The van der Waals surface area contributed by atoms with Crippen LogP contribution in [0.25, 0.3) is 10.9 Å². The number of pyridine rings is 1. The first-order valence-electron chi connectivity index (χ1n) is 6.39. The van der Waals surface area contributed by atoms with Crippen LogP contribution >= 0.6 is 11.8 Å². The molecule has 1 amide bonds. The molecule has 100 valence electrons. The van der Waals surface area contributed by atoms with E-state index in [1.807, 2.05) is 57.2 Å². The number of carbonyl (C=O) groups excluding carboxylic acids is 1. The summed E-state index contributed by atoms with van der Waals surface area (Å²) in [5.41, 5.74) is 0.962. The molecule has 0 bridgehead atoms. The number of fused-ring (bicyclic) bond motifs is 1. The smallest absolute Gasteiger partial charge is 0.233 e. The number of carbonyl (C=O) groups is 1. The summed E-state index contributed by atoms with van der Waals surface area (Å²) in [6.45, 7) is 5.83. The van der Waals surface area contributed by atoms with Gasteiger partial charge in [-0.05, 0) is 32.9 Å². The van der Waals surface area contributed by atoms with Gasteiger partial charge < -0.3 is 5.32 Å². The summed E-state index contributed by atoms with van der Waals surface area (Å²) >= 11 is 1.49. The third kappa shape index (κ3) is 3.70. The standard InChI is InChI=1S/C15H18N2OS/c1-10(2)16-15(18)11(3)19-14-9-8-12-6-4-5-7-13(12)17-14/h4-11H,1-3H3,(H,16,18)/t11-/m1/s1. The number of amides is 1. The summed E-state index contributed by atoms with van der Waals surface area (Å²) < 4.78 is 0. The van der Waals surface area contributed by atoms with Gasteiger partial charge >= 0.3 is 0 Å². The maximum Gasteiger partial charge on any atom is 0.233 e. The van der Waals surface area contributed by atoms with Gasteiger partial charge in [0.05, 0.1) is 15.8 Å². The highest BCUT2D eigenvalue weighted by molar-refractivity contribution is 8.00. The third-order valence-electron chi connectivity index (χ3n) is 2.67. The van der Waals surface area contributed by atoms with E-state index in [2.05, 4.69) is 10.3 Å². The van der Waals surface area contributed by atoms with Crippen LogP contribution in [0.5, 0.6) is 0 Å². The average Bonchev–Trinajstić information content (AvgIpc) is 2.37. The average molecular weight is 274 g/mol. The van der Waals surface area contributed by atoms with Gasteiger partial charge in [-0.15, -0.1) is 0 Å². The topological polar surface area (TPSA) is 42.0 Å². The SMILES string of the molecule is CC(C)NC(=O)[C@@H](C)Sc1ccc2ccccc2n1. The van der Waals surface area contributed by atoms with E-state index in [1.54, 1.807) is 0 Å². The fourth-order valence-corrected chi connectivity index (χ4v) is 2.58. The third-order valence-corrected chi connectivity index (χ3v) is 3.71. The second-order valence-corrected chi connectivity index (χ2v) is 6.13. The van der Waals surface area contributed by atoms with Crippen molar-refractivity contribution in [3.8, 4) is 0 Å². The van der Waals surface area contributed by atoms with Crippen LogP contribution in [0.15, 0.2) is 41.4 Å². The first-order chi connectivity index (χ1) is 9.06. The molecule has 0 aliphatic heterocycles. The van der Waals surface area contributed by atoms with Crippen LogP contribution in [-0.4, -0.2) is 22.2 Å². The quantitative estimate of drug-likeness (QED) is 0.870. The van der Waals surface area contributed by atoms with E-state index < -0.39 is 0 Å². The van der Waals surface area contributed by atoms with Crippen molar-refractivity contribution in [2.75, 3.05) is 0 Å². The first kappa shape index (κ1) is 13.9. The Kier molecular flexibility index (Phi) is 4.43. The van der Waals surface area contributed by atoms with Gasteiger partial charge in [-0.3, -0.25) is 4.79 Å². The Morgan fingerprint density at radius 1 is 1.16 bits per heavy atom. The minimum atomic E-state index is -0.143. The van der Waals surface area contributed by atoms with E-state index in [1.165, 1.54) is 11.8 Å². The van der Waals surface area contributed by atoms with E-state index in [-0.39, 0.29) is 17.2 Å². The summed E-state index contributed by atoms with van der Waals surface area (Å²) in [5, 5.41) is 4.77. The lowest BCUT2D eigenvalue weighted by molar-refractivity contribution is -0.120. The Morgan fingerprint density at radius 3 is 2.63 bits per heavy atom. The maximum absolute atomic E-state index is 11.9. The van der Waals surface area contributed by atoms with Gasteiger partial charge in [-0.25, -0.2) is 4.98 Å². The van der Waals surface area contributed by atoms with E-state index in [0.717, 1.165) is 15.9 Å². The Balaban J connectivity index is 2.10. The predicted molar refractivity (Wildman–Crippen MR) is 80.3 cm³/mol. The van der Waals surface area contributed by atoms with E-state index in [4.69, 9.17) is 0 Å². The number of hydrogen-bond donors (Lipinski definition) is 1. The molecule has 1 N–H and O–H groups in total. The maximum atomic E-state index is 11.9. The Morgan fingerprint density at radius 2 is 1.89 bits per heavy atom. The van der Waals surface area contributed by atoms with Gasteiger partial charge in [0.1, 0.15) is 0 Å². The Hall–Kier alpha value is -1.55. The van der Waals surface area contributed by atoms with Crippen LogP contribution in [0, 0.1) is 0 Å². The molecule has 0 unspecified atom stereocenters.